The molecule has 0 aromatic heterocycles. The second kappa shape index (κ2) is 9.62. The number of amides is 1. The molecule has 0 radical (unpaired) electrons. The van der Waals surface area contributed by atoms with Crippen LogP contribution in [0.25, 0.3) is 0 Å². The summed E-state index contributed by atoms with van der Waals surface area (Å²) in [6.45, 7) is 3.75. The molecule has 4 nitrogen and oxygen atoms in total. The van der Waals surface area contributed by atoms with Gasteiger partial charge in [-0.15, -0.1) is 0 Å². The summed E-state index contributed by atoms with van der Waals surface area (Å²) >= 11 is 0. The fourth-order valence-electron chi connectivity index (χ4n) is 2.80. The maximum atomic E-state index is 12.7. The topological polar surface area (TPSA) is 55.4 Å². The number of esters is 1. The fourth-order valence-corrected chi connectivity index (χ4v) is 2.80. The highest BCUT2D eigenvalue weighted by Gasteiger charge is 2.24. The zero-order valence-electron chi connectivity index (χ0n) is 14.8. The van der Waals surface area contributed by atoms with E-state index in [1.54, 1.807) is 0 Å². The number of hydrogen-bond acceptors (Lipinski definition) is 3. The lowest BCUT2D eigenvalue weighted by Gasteiger charge is -2.18. The Hall–Kier alpha value is -2.62. The van der Waals surface area contributed by atoms with E-state index in [2.05, 4.69) is 12.2 Å². The molecule has 2 aromatic rings. The summed E-state index contributed by atoms with van der Waals surface area (Å²) in [4.78, 5) is 24.6. The molecule has 0 spiro atoms. The van der Waals surface area contributed by atoms with Crippen molar-refractivity contribution >= 4 is 11.9 Å². The molecule has 0 saturated heterocycles. The van der Waals surface area contributed by atoms with Gasteiger partial charge in [0.15, 0.2) is 6.61 Å². The molecule has 0 aliphatic carbocycles. The Kier molecular flexibility index (Phi) is 7.20. The van der Waals surface area contributed by atoms with Gasteiger partial charge in [-0.3, -0.25) is 9.59 Å². The van der Waals surface area contributed by atoms with Gasteiger partial charge in [0.2, 0.25) is 0 Å². The fraction of sp³-hybridized carbons (Fsp3) is 0.333. The van der Waals surface area contributed by atoms with E-state index in [-0.39, 0.29) is 18.6 Å². The molecule has 0 saturated carbocycles. The van der Waals surface area contributed by atoms with E-state index in [1.807, 2.05) is 67.6 Å². The van der Waals surface area contributed by atoms with E-state index in [4.69, 9.17) is 4.74 Å². The number of rotatable bonds is 8. The lowest BCUT2D eigenvalue weighted by molar-refractivity contribution is -0.149. The van der Waals surface area contributed by atoms with Crippen molar-refractivity contribution in [2.45, 2.75) is 38.6 Å². The van der Waals surface area contributed by atoms with Gasteiger partial charge in [0.05, 0.1) is 0 Å². The van der Waals surface area contributed by atoms with Crippen molar-refractivity contribution in [1.29, 1.82) is 0 Å². The van der Waals surface area contributed by atoms with E-state index < -0.39 is 11.9 Å². The number of benzene rings is 2. The highest BCUT2D eigenvalue weighted by atomic mass is 16.5. The molecule has 0 aliphatic rings. The third-order valence-electron chi connectivity index (χ3n) is 3.98. The van der Waals surface area contributed by atoms with Crippen molar-refractivity contribution in [3.63, 3.8) is 0 Å². The average Bonchev–Trinajstić information content (AvgIpc) is 2.62. The Labute approximate surface area is 149 Å². The first kappa shape index (κ1) is 18.7. The molecule has 2 aromatic carbocycles. The lowest BCUT2D eigenvalue weighted by Crippen LogP contribution is -2.36. The standard InChI is InChI=1S/C21H25NO3/c1-3-10-16(2)22-19(23)15-25-21(24)20(17-11-6-4-7-12-17)18-13-8-5-9-14-18/h4-9,11-14,16,20H,3,10,15H2,1-2H3,(H,22,23)/t16-/m1/s1. The van der Waals surface area contributed by atoms with Crippen LogP contribution in [-0.2, 0) is 14.3 Å². The Balaban J connectivity index is 2.05. The van der Waals surface area contributed by atoms with Crippen LogP contribution in [0.15, 0.2) is 60.7 Å². The molecule has 4 heteroatoms. The molecule has 0 heterocycles. The Morgan fingerprint density at radius 2 is 1.48 bits per heavy atom. The van der Waals surface area contributed by atoms with E-state index >= 15 is 0 Å². The van der Waals surface area contributed by atoms with Gasteiger partial charge in [-0.1, -0.05) is 74.0 Å². The van der Waals surface area contributed by atoms with Crippen LogP contribution in [0.5, 0.6) is 0 Å². The SMILES string of the molecule is CCC[C@@H](C)NC(=O)COC(=O)C(c1ccccc1)c1ccccc1. The number of carbonyl (C=O) groups is 2. The summed E-state index contributed by atoms with van der Waals surface area (Å²) in [5.41, 5.74) is 1.69. The molecule has 1 amide bonds. The molecule has 25 heavy (non-hydrogen) atoms. The van der Waals surface area contributed by atoms with E-state index in [0.717, 1.165) is 24.0 Å². The van der Waals surface area contributed by atoms with Crippen molar-refractivity contribution in [3.8, 4) is 0 Å². The average molecular weight is 339 g/mol. The van der Waals surface area contributed by atoms with Crippen molar-refractivity contribution in [1.82, 2.24) is 5.32 Å². The van der Waals surface area contributed by atoms with Gasteiger partial charge >= 0.3 is 5.97 Å². The van der Waals surface area contributed by atoms with Crippen molar-refractivity contribution in [3.05, 3.63) is 71.8 Å². The van der Waals surface area contributed by atoms with E-state index in [9.17, 15) is 9.59 Å². The van der Waals surface area contributed by atoms with Gasteiger partial charge in [-0.25, -0.2) is 0 Å². The molecule has 1 atom stereocenters. The maximum absolute atomic E-state index is 12.7. The maximum Gasteiger partial charge on any atom is 0.318 e. The highest BCUT2D eigenvalue weighted by molar-refractivity contribution is 5.85. The van der Waals surface area contributed by atoms with Crippen LogP contribution >= 0.6 is 0 Å². The smallest absolute Gasteiger partial charge is 0.318 e. The number of carbonyl (C=O) groups excluding carboxylic acids is 2. The van der Waals surface area contributed by atoms with Gasteiger partial charge in [0.25, 0.3) is 5.91 Å². The third kappa shape index (κ3) is 5.75. The predicted octanol–water partition coefficient (Wildman–Crippen LogP) is 3.67. The zero-order valence-corrected chi connectivity index (χ0v) is 14.8. The number of hydrogen-bond donors (Lipinski definition) is 1. The van der Waals surface area contributed by atoms with Crippen LogP contribution in [0.3, 0.4) is 0 Å². The second-order valence-electron chi connectivity index (χ2n) is 6.12. The zero-order chi connectivity index (χ0) is 18.1. The van der Waals surface area contributed by atoms with Crippen LogP contribution in [0, 0.1) is 0 Å². The summed E-state index contributed by atoms with van der Waals surface area (Å²) in [5.74, 6) is -1.23. The highest BCUT2D eigenvalue weighted by Crippen LogP contribution is 2.25. The van der Waals surface area contributed by atoms with Gasteiger partial charge in [-0.05, 0) is 24.5 Å². The summed E-state index contributed by atoms with van der Waals surface area (Å²) in [6.07, 6.45) is 1.89. The summed E-state index contributed by atoms with van der Waals surface area (Å²) in [7, 11) is 0. The quantitative estimate of drug-likeness (QED) is 0.747. The van der Waals surface area contributed by atoms with Crippen LogP contribution in [-0.4, -0.2) is 24.5 Å². The Morgan fingerprint density at radius 3 is 1.96 bits per heavy atom. The monoisotopic (exact) mass is 339 g/mol. The molecule has 0 unspecified atom stereocenters. The van der Waals surface area contributed by atoms with E-state index in [0.29, 0.717) is 0 Å². The minimum Gasteiger partial charge on any atom is -0.455 e. The molecule has 0 fully saturated rings. The molecular weight excluding hydrogens is 314 g/mol. The van der Waals surface area contributed by atoms with Crippen molar-refractivity contribution in [2.75, 3.05) is 6.61 Å². The second-order valence-corrected chi connectivity index (χ2v) is 6.12. The van der Waals surface area contributed by atoms with Gasteiger partial charge in [0, 0.05) is 6.04 Å². The molecule has 0 bridgehead atoms. The van der Waals surface area contributed by atoms with Gasteiger partial charge < -0.3 is 10.1 Å². The first-order chi connectivity index (χ1) is 12.1. The van der Waals surface area contributed by atoms with E-state index in [1.165, 1.54) is 0 Å². The third-order valence-corrected chi connectivity index (χ3v) is 3.98. The van der Waals surface area contributed by atoms with Crippen LogP contribution in [0.1, 0.15) is 43.7 Å². The van der Waals surface area contributed by atoms with Crippen LogP contribution < -0.4 is 5.32 Å². The Morgan fingerprint density at radius 1 is 0.960 bits per heavy atom. The predicted molar refractivity (Wildman–Crippen MR) is 98.2 cm³/mol. The normalized spacial score (nSPS) is 11.8. The minimum absolute atomic E-state index is 0.0789. The first-order valence-electron chi connectivity index (χ1n) is 8.67. The van der Waals surface area contributed by atoms with Gasteiger partial charge in [0.1, 0.15) is 5.92 Å². The Bertz CT molecular complexity index is 631. The first-order valence-corrected chi connectivity index (χ1v) is 8.67. The molecule has 1 N–H and O–H groups in total. The number of nitrogens with one attached hydrogen (secondary N) is 1. The summed E-state index contributed by atoms with van der Waals surface area (Å²) < 4.78 is 5.30. The largest absolute Gasteiger partial charge is 0.455 e. The van der Waals surface area contributed by atoms with Crippen molar-refractivity contribution in [2.24, 2.45) is 0 Å². The van der Waals surface area contributed by atoms with Crippen LogP contribution in [0.2, 0.25) is 0 Å². The molecule has 132 valence electrons. The van der Waals surface area contributed by atoms with Crippen LogP contribution in [0.4, 0.5) is 0 Å². The van der Waals surface area contributed by atoms with Gasteiger partial charge in [-0.2, -0.15) is 0 Å². The summed E-state index contributed by atoms with van der Waals surface area (Å²) in [5, 5.41) is 2.84. The number of ether oxygens (including phenoxy) is 1. The molecular formula is C21H25NO3. The minimum atomic E-state index is -0.539. The lowest BCUT2D eigenvalue weighted by atomic mass is 9.91. The molecule has 2 rings (SSSR count). The summed E-state index contributed by atoms with van der Waals surface area (Å²) in [6, 6.07) is 19.0. The van der Waals surface area contributed by atoms with Crippen molar-refractivity contribution < 1.29 is 14.3 Å². The molecule has 0 aliphatic heterocycles.